The van der Waals surface area contributed by atoms with Crippen LogP contribution in [0.3, 0.4) is 0 Å². The molecule has 2 N–H and O–H groups in total. The summed E-state index contributed by atoms with van der Waals surface area (Å²) in [5, 5.41) is 11.2. The number of carbonyl (C=O) groups is 1. The molecule has 0 aliphatic rings. The molecule has 0 saturated carbocycles. The summed E-state index contributed by atoms with van der Waals surface area (Å²) in [6, 6.07) is 15.9. The SMILES string of the molecule is COc1ccc(S(=O)(=O)N(Cc2ccc(I)cc2)[C@H](Cc2cccs2)C(=O)NO)cc1. The number of carbonyl (C=O) groups excluding carboxylic acids is 1. The van der Waals surface area contributed by atoms with Crippen LogP contribution in [0, 0.1) is 3.57 Å². The minimum atomic E-state index is -4.08. The number of hydrogen-bond acceptors (Lipinski definition) is 6. The number of halogens is 1. The molecule has 0 fully saturated rings. The molecule has 0 bridgehead atoms. The summed E-state index contributed by atoms with van der Waals surface area (Å²) in [4.78, 5) is 13.5. The zero-order valence-electron chi connectivity index (χ0n) is 16.6. The molecule has 0 aliphatic heterocycles. The Morgan fingerprint density at radius 2 is 1.84 bits per heavy atom. The molecule has 7 nitrogen and oxygen atoms in total. The third kappa shape index (κ3) is 5.83. The fourth-order valence-corrected chi connectivity index (χ4v) is 5.71. The second-order valence-electron chi connectivity index (χ2n) is 6.63. The van der Waals surface area contributed by atoms with E-state index in [0.29, 0.717) is 5.75 Å². The first kappa shape index (κ1) is 23.7. The molecule has 31 heavy (non-hydrogen) atoms. The van der Waals surface area contributed by atoms with Gasteiger partial charge in [0.15, 0.2) is 0 Å². The Hall–Kier alpha value is -1.99. The molecule has 0 unspecified atom stereocenters. The lowest BCUT2D eigenvalue weighted by atomic mass is 10.1. The molecule has 0 spiro atoms. The molecular weight excluding hydrogens is 551 g/mol. The van der Waals surface area contributed by atoms with Gasteiger partial charge in [-0.2, -0.15) is 4.31 Å². The molecule has 1 aromatic heterocycles. The molecule has 0 saturated heterocycles. The first-order valence-electron chi connectivity index (χ1n) is 9.22. The Bertz CT molecular complexity index is 1100. The summed E-state index contributed by atoms with van der Waals surface area (Å²) in [6.45, 7) is -0.0330. The van der Waals surface area contributed by atoms with Crippen molar-refractivity contribution in [2.75, 3.05) is 7.11 Å². The van der Waals surface area contributed by atoms with E-state index in [4.69, 9.17) is 4.74 Å². The summed E-state index contributed by atoms with van der Waals surface area (Å²) >= 11 is 3.58. The molecule has 3 aromatic rings. The van der Waals surface area contributed by atoms with E-state index in [1.54, 1.807) is 17.6 Å². The van der Waals surface area contributed by atoms with Crippen molar-refractivity contribution in [3.05, 3.63) is 80.1 Å². The maximum Gasteiger partial charge on any atom is 0.262 e. The summed E-state index contributed by atoms with van der Waals surface area (Å²) in [5.74, 6) is -0.276. The highest BCUT2D eigenvalue weighted by Crippen LogP contribution is 2.26. The minimum absolute atomic E-state index is 0.0285. The van der Waals surface area contributed by atoms with Gasteiger partial charge in [0.2, 0.25) is 10.0 Å². The van der Waals surface area contributed by atoms with Crippen LogP contribution in [0.25, 0.3) is 0 Å². The van der Waals surface area contributed by atoms with Gasteiger partial charge in [-0.3, -0.25) is 10.0 Å². The first-order valence-corrected chi connectivity index (χ1v) is 12.6. The number of sulfonamides is 1. The van der Waals surface area contributed by atoms with Crippen LogP contribution in [0.4, 0.5) is 0 Å². The Kier molecular flexibility index (Phi) is 8.06. The second-order valence-corrected chi connectivity index (χ2v) is 10.8. The lowest BCUT2D eigenvalue weighted by Gasteiger charge is -2.29. The van der Waals surface area contributed by atoms with Crippen LogP contribution in [0.1, 0.15) is 10.4 Å². The van der Waals surface area contributed by atoms with E-state index in [0.717, 1.165) is 18.3 Å². The lowest BCUT2D eigenvalue weighted by Crippen LogP contribution is -2.49. The van der Waals surface area contributed by atoms with Gasteiger partial charge in [0.25, 0.3) is 5.91 Å². The van der Waals surface area contributed by atoms with E-state index in [1.165, 1.54) is 30.6 Å². The van der Waals surface area contributed by atoms with Gasteiger partial charge >= 0.3 is 0 Å². The van der Waals surface area contributed by atoms with Crippen LogP contribution < -0.4 is 10.2 Å². The molecule has 1 atom stereocenters. The Labute approximate surface area is 198 Å². The number of benzene rings is 2. The van der Waals surface area contributed by atoms with E-state index in [-0.39, 0.29) is 17.9 Å². The maximum atomic E-state index is 13.6. The number of nitrogens with zero attached hydrogens (tertiary/aromatic N) is 1. The van der Waals surface area contributed by atoms with Gasteiger partial charge in [0, 0.05) is 21.4 Å². The van der Waals surface area contributed by atoms with Crippen molar-refractivity contribution in [3.8, 4) is 5.75 Å². The van der Waals surface area contributed by atoms with E-state index in [9.17, 15) is 18.4 Å². The summed E-state index contributed by atoms with van der Waals surface area (Å²) in [7, 11) is -2.59. The Morgan fingerprint density at radius 3 is 2.39 bits per heavy atom. The summed E-state index contributed by atoms with van der Waals surface area (Å²) in [5.41, 5.74) is 2.35. The van der Waals surface area contributed by atoms with Crippen molar-refractivity contribution in [1.82, 2.24) is 9.79 Å². The third-order valence-corrected chi connectivity index (χ3v) is 8.14. The van der Waals surface area contributed by atoms with Crippen LogP contribution in [0.5, 0.6) is 5.75 Å². The van der Waals surface area contributed by atoms with Crippen LogP contribution in [-0.4, -0.2) is 37.0 Å². The van der Waals surface area contributed by atoms with Crippen LogP contribution in [-0.2, 0) is 27.8 Å². The summed E-state index contributed by atoms with van der Waals surface area (Å²) < 4.78 is 34.5. The molecule has 3 rings (SSSR count). The van der Waals surface area contributed by atoms with Gasteiger partial charge in [-0.1, -0.05) is 18.2 Å². The lowest BCUT2D eigenvalue weighted by molar-refractivity contribution is -0.133. The van der Waals surface area contributed by atoms with Crippen LogP contribution in [0.15, 0.2) is 70.9 Å². The van der Waals surface area contributed by atoms with Crippen molar-refractivity contribution in [2.45, 2.75) is 23.9 Å². The predicted molar refractivity (Wildman–Crippen MR) is 127 cm³/mol. The van der Waals surface area contributed by atoms with E-state index < -0.39 is 22.0 Å². The van der Waals surface area contributed by atoms with Gasteiger partial charge in [-0.05, 0) is 76.0 Å². The maximum absolute atomic E-state index is 13.6. The van der Waals surface area contributed by atoms with Crippen molar-refractivity contribution in [3.63, 3.8) is 0 Å². The van der Waals surface area contributed by atoms with Gasteiger partial charge in [-0.25, -0.2) is 13.9 Å². The van der Waals surface area contributed by atoms with Crippen molar-refractivity contribution in [2.24, 2.45) is 0 Å². The smallest absolute Gasteiger partial charge is 0.262 e. The highest BCUT2D eigenvalue weighted by molar-refractivity contribution is 14.1. The second kappa shape index (κ2) is 10.6. The summed E-state index contributed by atoms with van der Waals surface area (Å²) in [6.07, 6.45) is 0.129. The molecule has 2 aromatic carbocycles. The zero-order valence-corrected chi connectivity index (χ0v) is 20.4. The molecule has 1 heterocycles. The quantitative estimate of drug-likeness (QED) is 0.232. The van der Waals surface area contributed by atoms with Crippen LogP contribution >= 0.6 is 33.9 Å². The molecular formula is C21H21IN2O5S2. The average Bonchev–Trinajstić information content (AvgIpc) is 3.30. The highest BCUT2D eigenvalue weighted by Gasteiger charge is 2.36. The molecule has 10 heteroatoms. The van der Waals surface area contributed by atoms with Crippen LogP contribution in [0.2, 0.25) is 0 Å². The number of hydrogen-bond donors (Lipinski definition) is 2. The van der Waals surface area contributed by atoms with E-state index in [2.05, 4.69) is 22.6 Å². The van der Waals surface area contributed by atoms with Gasteiger partial charge < -0.3 is 4.74 Å². The zero-order chi connectivity index (χ0) is 22.4. The Balaban J connectivity index is 2.06. The number of methoxy groups -OCH3 is 1. The fourth-order valence-electron chi connectivity index (χ4n) is 3.03. The molecule has 0 aliphatic carbocycles. The fraction of sp³-hybridized carbons (Fsp3) is 0.190. The number of amides is 1. The number of ether oxygens (including phenoxy) is 1. The van der Waals surface area contributed by atoms with Crippen molar-refractivity contribution < 1.29 is 23.2 Å². The monoisotopic (exact) mass is 572 g/mol. The highest BCUT2D eigenvalue weighted by atomic mass is 127. The number of nitrogens with one attached hydrogen (secondary N) is 1. The minimum Gasteiger partial charge on any atom is -0.497 e. The largest absolute Gasteiger partial charge is 0.497 e. The Morgan fingerprint density at radius 1 is 1.16 bits per heavy atom. The standard InChI is InChI=1S/C21H21IN2O5S2/c1-29-17-8-10-19(11-9-17)31(27,28)24(14-15-4-6-16(22)7-5-15)20(21(25)23-26)13-18-3-2-12-30-18/h2-12,20,26H,13-14H2,1H3,(H,23,25)/t20-/m1/s1. The van der Waals surface area contributed by atoms with Crippen molar-refractivity contribution in [1.29, 1.82) is 0 Å². The topological polar surface area (TPSA) is 95.9 Å². The van der Waals surface area contributed by atoms with Gasteiger partial charge in [0.1, 0.15) is 11.8 Å². The number of thiophene rings is 1. The number of rotatable bonds is 9. The van der Waals surface area contributed by atoms with Gasteiger partial charge in [-0.15, -0.1) is 11.3 Å². The molecule has 164 valence electrons. The molecule has 1 amide bonds. The first-order chi connectivity index (χ1) is 14.8. The van der Waals surface area contributed by atoms with E-state index in [1.807, 2.05) is 41.8 Å². The molecule has 0 radical (unpaired) electrons. The van der Waals surface area contributed by atoms with Gasteiger partial charge in [0.05, 0.1) is 12.0 Å². The normalized spacial score (nSPS) is 12.5. The number of hydroxylamine groups is 1. The average molecular weight is 572 g/mol. The van der Waals surface area contributed by atoms with E-state index >= 15 is 0 Å². The third-order valence-electron chi connectivity index (χ3n) is 4.65. The predicted octanol–water partition coefficient (Wildman–Crippen LogP) is 3.67. The van der Waals surface area contributed by atoms with Crippen molar-refractivity contribution >= 4 is 49.9 Å².